The summed E-state index contributed by atoms with van der Waals surface area (Å²) in [6.45, 7) is 5.15. The predicted molar refractivity (Wildman–Crippen MR) is 110 cm³/mol. The maximum Gasteiger partial charge on any atom is 0.222 e. The van der Waals surface area contributed by atoms with E-state index < -0.39 is 0 Å². The van der Waals surface area contributed by atoms with Crippen LogP contribution >= 0.6 is 24.0 Å². The van der Waals surface area contributed by atoms with Crippen LogP contribution in [-0.2, 0) is 17.8 Å². The number of carbonyl (C=O) groups excluding carboxylic acids is 1. The van der Waals surface area contributed by atoms with Gasteiger partial charge < -0.3 is 16.0 Å². The molecule has 1 amide bonds. The van der Waals surface area contributed by atoms with E-state index in [4.69, 9.17) is 5.73 Å². The molecule has 1 aliphatic rings. The van der Waals surface area contributed by atoms with Gasteiger partial charge in [0.05, 0.1) is 0 Å². The lowest BCUT2D eigenvalue weighted by Gasteiger charge is -2.28. The molecule has 0 bridgehead atoms. The van der Waals surface area contributed by atoms with Crippen molar-refractivity contribution < 1.29 is 4.79 Å². The molecule has 5 nitrogen and oxygen atoms in total. The number of carbonyl (C=O) groups is 1. The molecule has 1 aromatic rings. The number of benzene rings is 1. The van der Waals surface area contributed by atoms with Gasteiger partial charge in [-0.15, -0.1) is 24.0 Å². The van der Waals surface area contributed by atoms with E-state index in [1.54, 1.807) is 0 Å². The number of unbranched alkanes of at least 4 members (excludes halogenated alkanes) is 1. The van der Waals surface area contributed by atoms with Crippen molar-refractivity contribution in [3.8, 4) is 0 Å². The number of guanidine groups is 1. The maximum absolute atomic E-state index is 12.3. The molecule has 3 N–H and O–H groups in total. The van der Waals surface area contributed by atoms with Gasteiger partial charge in [0.15, 0.2) is 5.96 Å². The SMILES string of the molecule is CCCCNC(N)=NCCCC(=O)N1CCc2ccccc2C1.I. The van der Waals surface area contributed by atoms with Crippen molar-refractivity contribution in [1.82, 2.24) is 10.2 Å². The van der Waals surface area contributed by atoms with Crippen LogP contribution in [0.25, 0.3) is 0 Å². The van der Waals surface area contributed by atoms with Gasteiger partial charge in [0.2, 0.25) is 5.91 Å². The molecular weight excluding hydrogens is 415 g/mol. The third-order valence-corrected chi connectivity index (χ3v) is 4.15. The lowest BCUT2D eigenvalue weighted by atomic mass is 9.99. The van der Waals surface area contributed by atoms with Crippen LogP contribution in [0.4, 0.5) is 0 Å². The van der Waals surface area contributed by atoms with Gasteiger partial charge in [-0.2, -0.15) is 0 Å². The molecular formula is C18H29IN4O. The Balaban J connectivity index is 0.00000288. The average Bonchev–Trinajstić information content (AvgIpc) is 2.58. The Labute approximate surface area is 162 Å². The third-order valence-electron chi connectivity index (χ3n) is 4.15. The number of aliphatic imine (C=N–C) groups is 1. The van der Waals surface area contributed by atoms with E-state index in [-0.39, 0.29) is 29.9 Å². The summed E-state index contributed by atoms with van der Waals surface area (Å²) < 4.78 is 0. The molecule has 0 fully saturated rings. The van der Waals surface area contributed by atoms with Gasteiger partial charge in [-0.05, 0) is 30.4 Å². The van der Waals surface area contributed by atoms with E-state index in [1.165, 1.54) is 11.1 Å². The average molecular weight is 444 g/mol. The first-order chi connectivity index (χ1) is 11.2. The Bertz CT molecular complexity index is 548. The molecule has 0 unspecified atom stereocenters. The Morgan fingerprint density at radius 2 is 2.04 bits per heavy atom. The summed E-state index contributed by atoms with van der Waals surface area (Å²) in [7, 11) is 0. The van der Waals surface area contributed by atoms with E-state index in [0.29, 0.717) is 18.9 Å². The zero-order valence-electron chi connectivity index (χ0n) is 14.5. The topological polar surface area (TPSA) is 70.7 Å². The largest absolute Gasteiger partial charge is 0.370 e. The van der Waals surface area contributed by atoms with Gasteiger partial charge >= 0.3 is 0 Å². The van der Waals surface area contributed by atoms with Crippen LogP contribution in [0.15, 0.2) is 29.3 Å². The number of fused-ring (bicyclic) bond motifs is 1. The van der Waals surface area contributed by atoms with Gasteiger partial charge in [0.25, 0.3) is 0 Å². The molecule has 0 spiro atoms. The van der Waals surface area contributed by atoms with Crippen molar-refractivity contribution in [2.24, 2.45) is 10.7 Å². The standard InChI is InChI=1S/C18H28N4O.HI/c1-2-3-11-20-18(19)21-12-6-9-17(23)22-13-10-15-7-4-5-8-16(15)14-22;/h4-5,7-8H,2-3,6,9-14H2,1H3,(H3,19,20,21);1H. The molecule has 0 aliphatic carbocycles. The van der Waals surface area contributed by atoms with Crippen LogP contribution in [-0.4, -0.2) is 36.4 Å². The van der Waals surface area contributed by atoms with Crippen molar-refractivity contribution in [3.05, 3.63) is 35.4 Å². The Hall–Kier alpha value is -1.31. The summed E-state index contributed by atoms with van der Waals surface area (Å²) in [5, 5.41) is 3.08. The third kappa shape index (κ3) is 6.67. The van der Waals surface area contributed by atoms with Gasteiger partial charge in [-0.1, -0.05) is 37.6 Å². The second kappa shape index (κ2) is 11.3. The van der Waals surface area contributed by atoms with E-state index in [1.807, 2.05) is 11.0 Å². The number of hydrogen-bond donors (Lipinski definition) is 2. The number of halogens is 1. The maximum atomic E-state index is 12.3. The summed E-state index contributed by atoms with van der Waals surface area (Å²) in [6, 6.07) is 8.37. The lowest BCUT2D eigenvalue weighted by Crippen LogP contribution is -2.36. The lowest BCUT2D eigenvalue weighted by molar-refractivity contribution is -0.132. The molecule has 0 aromatic heterocycles. The summed E-state index contributed by atoms with van der Waals surface area (Å²) in [5.41, 5.74) is 8.41. The summed E-state index contributed by atoms with van der Waals surface area (Å²) in [6.07, 6.45) is 4.45. The number of amides is 1. The minimum absolute atomic E-state index is 0. The quantitative estimate of drug-likeness (QED) is 0.294. The van der Waals surface area contributed by atoms with Crippen LogP contribution in [0.3, 0.4) is 0 Å². The normalized spacial score (nSPS) is 13.9. The van der Waals surface area contributed by atoms with Crippen molar-refractivity contribution >= 4 is 35.8 Å². The van der Waals surface area contributed by atoms with Gasteiger partial charge in [-0.25, -0.2) is 0 Å². The second-order valence-electron chi connectivity index (χ2n) is 5.98. The summed E-state index contributed by atoms with van der Waals surface area (Å²) >= 11 is 0. The van der Waals surface area contributed by atoms with E-state index in [2.05, 4.69) is 35.4 Å². The zero-order valence-corrected chi connectivity index (χ0v) is 16.8. The first kappa shape index (κ1) is 20.7. The van der Waals surface area contributed by atoms with Gasteiger partial charge in [0, 0.05) is 32.6 Å². The van der Waals surface area contributed by atoms with Crippen molar-refractivity contribution in [1.29, 1.82) is 0 Å². The molecule has 0 saturated carbocycles. The minimum Gasteiger partial charge on any atom is -0.370 e. The van der Waals surface area contributed by atoms with Crippen molar-refractivity contribution in [2.45, 2.75) is 45.6 Å². The van der Waals surface area contributed by atoms with Crippen LogP contribution in [0.2, 0.25) is 0 Å². The Kier molecular flexibility index (Phi) is 9.75. The van der Waals surface area contributed by atoms with Crippen LogP contribution in [0.5, 0.6) is 0 Å². The molecule has 6 heteroatoms. The second-order valence-corrected chi connectivity index (χ2v) is 5.98. The minimum atomic E-state index is 0. The number of nitrogens with one attached hydrogen (secondary N) is 1. The highest BCUT2D eigenvalue weighted by Gasteiger charge is 2.19. The van der Waals surface area contributed by atoms with Crippen molar-refractivity contribution in [3.63, 3.8) is 0 Å². The number of rotatable bonds is 7. The zero-order chi connectivity index (χ0) is 16.5. The van der Waals surface area contributed by atoms with Gasteiger partial charge in [-0.3, -0.25) is 9.79 Å². The fourth-order valence-corrected chi connectivity index (χ4v) is 2.75. The molecule has 1 aromatic carbocycles. The smallest absolute Gasteiger partial charge is 0.222 e. The Morgan fingerprint density at radius 1 is 1.29 bits per heavy atom. The van der Waals surface area contributed by atoms with E-state index in [0.717, 1.165) is 45.3 Å². The number of nitrogens with two attached hydrogens (primary N) is 1. The molecule has 24 heavy (non-hydrogen) atoms. The first-order valence-electron chi connectivity index (χ1n) is 8.59. The van der Waals surface area contributed by atoms with Crippen molar-refractivity contribution in [2.75, 3.05) is 19.6 Å². The summed E-state index contributed by atoms with van der Waals surface area (Å²) in [4.78, 5) is 18.5. The first-order valence-corrected chi connectivity index (χ1v) is 8.59. The molecule has 1 aliphatic heterocycles. The molecule has 134 valence electrons. The molecule has 2 rings (SSSR count). The highest BCUT2D eigenvalue weighted by atomic mass is 127. The highest BCUT2D eigenvalue weighted by Crippen LogP contribution is 2.19. The predicted octanol–water partition coefficient (Wildman–Crippen LogP) is 2.67. The monoisotopic (exact) mass is 444 g/mol. The molecule has 0 saturated heterocycles. The van der Waals surface area contributed by atoms with Crippen LogP contribution < -0.4 is 11.1 Å². The number of nitrogens with zero attached hydrogens (tertiary/aromatic N) is 2. The highest BCUT2D eigenvalue weighted by molar-refractivity contribution is 14.0. The van der Waals surface area contributed by atoms with Crippen LogP contribution in [0.1, 0.15) is 43.7 Å². The fraction of sp³-hybridized carbons (Fsp3) is 0.556. The van der Waals surface area contributed by atoms with E-state index in [9.17, 15) is 4.79 Å². The van der Waals surface area contributed by atoms with E-state index >= 15 is 0 Å². The molecule has 0 radical (unpaired) electrons. The number of hydrogen-bond acceptors (Lipinski definition) is 2. The molecule has 1 heterocycles. The van der Waals surface area contributed by atoms with Gasteiger partial charge in [0.1, 0.15) is 0 Å². The fourth-order valence-electron chi connectivity index (χ4n) is 2.75. The summed E-state index contributed by atoms with van der Waals surface area (Å²) in [5.74, 6) is 0.699. The van der Waals surface area contributed by atoms with Crippen LogP contribution in [0, 0.1) is 0 Å². The molecule has 0 atom stereocenters. The Morgan fingerprint density at radius 3 is 2.79 bits per heavy atom.